The van der Waals surface area contributed by atoms with E-state index in [0.29, 0.717) is 13.1 Å². The quantitative estimate of drug-likeness (QED) is 0.859. The summed E-state index contributed by atoms with van der Waals surface area (Å²) in [6.07, 6.45) is 4.60. The summed E-state index contributed by atoms with van der Waals surface area (Å²) in [7, 11) is 0. The van der Waals surface area contributed by atoms with Gasteiger partial charge in [0.2, 0.25) is 5.91 Å². The first-order valence-electron chi connectivity index (χ1n) is 8.68. The van der Waals surface area contributed by atoms with Crippen molar-refractivity contribution in [1.29, 1.82) is 0 Å². The van der Waals surface area contributed by atoms with Crippen LogP contribution in [0.3, 0.4) is 0 Å². The minimum Gasteiger partial charge on any atom is -0.339 e. The van der Waals surface area contributed by atoms with E-state index < -0.39 is 0 Å². The van der Waals surface area contributed by atoms with E-state index in [0.717, 1.165) is 31.7 Å². The maximum atomic E-state index is 12.4. The molecular formula is C16H24N6O2. The first-order chi connectivity index (χ1) is 11.5. The van der Waals surface area contributed by atoms with Crippen molar-refractivity contribution in [3.63, 3.8) is 0 Å². The molecule has 8 nitrogen and oxygen atoms in total. The van der Waals surface area contributed by atoms with Gasteiger partial charge < -0.3 is 10.2 Å². The van der Waals surface area contributed by atoms with Gasteiger partial charge in [-0.1, -0.05) is 0 Å². The van der Waals surface area contributed by atoms with Crippen LogP contribution in [0, 0.1) is 0 Å². The van der Waals surface area contributed by atoms with Crippen LogP contribution >= 0.6 is 0 Å². The van der Waals surface area contributed by atoms with E-state index in [9.17, 15) is 9.59 Å². The third-order valence-electron chi connectivity index (χ3n) is 5.30. The maximum Gasteiger partial charge on any atom is 0.322 e. The molecule has 0 bridgehead atoms. The Kier molecular flexibility index (Phi) is 3.71. The van der Waals surface area contributed by atoms with Crippen LogP contribution in [-0.2, 0) is 4.79 Å². The second-order valence-corrected chi connectivity index (χ2v) is 7.10. The summed E-state index contributed by atoms with van der Waals surface area (Å²) in [5, 5.41) is 7.21. The molecule has 1 unspecified atom stereocenters. The Morgan fingerprint density at radius 2 is 2.04 bits per heavy atom. The Hall–Kier alpha value is -2.09. The molecule has 130 valence electrons. The predicted octanol–water partition coefficient (Wildman–Crippen LogP) is 0.279. The molecule has 0 aliphatic carbocycles. The molecule has 3 fully saturated rings. The average molecular weight is 332 g/mol. The monoisotopic (exact) mass is 332 g/mol. The lowest BCUT2D eigenvalue weighted by Crippen LogP contribution is -2.55. The number of nitrogens with one attached hydrogen (secondary N) is 1. The summed E-state index contributed by atoms with van der Waals surface area (Å²) in [6.45, 7) is 8.04. The standard InChI is InChI=1S/C16H24N6O2/c1-11(2)20-5-3-14(15(20)23)19-8-13(9-19)22-10-12(7-18-22)21-6-4-17-16(21)24/h7,10-11,13-14H,3-6,8-9H2,1-2H3,(H,17,24). The Balaban J connectivity index is 1.36. The fourth-order valence-corrected chi connectivity index (χ4v) is 3.83. The number of anilines is 1. The molecule has 3 aliphatic rings. The summed E-state index contributed by atoms with van der Waals surface area (Å²) in [6, 6.07) is 0.531. The van der Waals surface area contributed by atoms with E-state index in [-0.39, 0.29) is 30.1 Å². The van der Waals surface area contributed by atoms with Crippen LogP contribution in [0.1, 0.15) is 26.3 Å². The second kappa shape index (κ2) is 5.77. The number of rotatable bonds is 4. The van der Waals surface area contributed by atoms with Gasteiger partial charge in [-0.25, -0.2) is 4.79 Å². The molecule has 3 amide bonds. The van der Waals surface area contributed by atoms with E-state index in [1.807, 2.05) is 15.8 Å². The number of likely N-dealkylation sites (tertiary alicyclic amines) is 2. The van der Waals surface area contributed by atoms with Gasteiger partial charge in [0.25, 0.3) is 0 Å². The van der Waals surface area contributed by atoms with Crippen LogP contribution in [0.4, 0.5) is 10.5 Å². The number of hydrogen-bond donors (Lipinski definition) is 1. The van der Waals surface area contributed by atoms with Crippen molar-refractivity contribution in [1.82, 2.24) is 24.9 Å². The molecule has 8 heteroatoms. The van der Waals surface area contributed by atoms with E-state index in [2.05, 4.69) is 29.2 Å². The van der Waals surface area contributed by atoms with Gasteiger partial charge in [0.15, 0.2) is 0 Å². The van der Waals surface area contributed by atoms with E-state index in [1.54, 1.807) is 11.1 Å². The normalized spacial score (nSPS) is 25.7. The van der Waals surface area contributed by atoms with Gasteiger partial charge in [-0.3, -0.25) is 19.3 Å². The first-order valence-corrected chi connectivity index (χ1v) is 8.68. The van der Waals surface area contributed by atoms with Gasteiger partial charge in [-0.2, -0.15) is 5.10 Å². The summed E-state index contributed by atoms with van der Waals surface area (Å²) in [5.74, 6) is 0.262. The Labute approximate surface area is 141 Å². The number of amides is 3. The molecule has 4 heterocycles. The Morgan fingerprint density at radius 1 is 1.25 bits per heavy atom. The van der Waals surface area contributed by atoms with Crippen molar-refractivity contribution in [2.24, 2.45) is 0 Å². The van der Waals surface area contributed by atoms with Gasteiger partial charge in [0, 0.05) is 45.0 Å². The van der Waals surface area contributed by atoms with Gasteiger partial charge in [-0.15, -0.1) is 0 Å². The third-order valence-corrected chi connectivity index (χ3v) is 5.30. The number of nitrogens with zero attached hydrogens (tertiary/aromatic N) is 5. The molecule has 0 saturated carbocycles. The highest BCUT2D eigenvalue weighted by atomic mass is 16.2. The average Bonchev–Trinajstić information content (AvgIpc) is 3.19. The number of carbonyl (C=O) groups excluding carboxylic acids is 2. The van der Waals surface area contributed by atoms with Crippen LogP contribution in [0.15, 0.2) is 12.4 Å². The molecule has 24 heavy (non-hydrogen) atoms. The Morgan fingerprint density at radius 3 is 2.67 bits per heavy atom. The number of aromatic nitrogens is 2. The molecule has 1 N–H and O–H groups in total. The van der Waals surface area contributed by atoms with Gasteiger partial charge >= 0.3 is 6.03 Å². The topological polar surface area (TPSA) is 73.7 Å². The van der Waals surface area contributed by atoms with Crippen molar-refractivity contribution >= 4 is 17.6 Å². The van der Waals surface area contributed by atoms with Crippen molar-refractivity contribution in [3.05, 3.63) is 12.4 Å². The van der Waals surface area contributed by atoms with Crippen molar-refractivity contribution in [2.75, 3.05) is 37.6 Å². The first kappa shape index (κ1) is 15.4. The molecule has 4 rings (SSSR count). The molecule has 3 saturated heterocycles. The Bertz CT molecular complexity index is 651. The summed E-state index contributed by atoms with van der Waals surface area (Å²) < 4.78 is 1.93. The zero-order valence-electron chi connectivity index (χ0n) is 14.2. The zero-order valence-corrected chi connectivity index (χ0v) is 14.2. The highest BCUT2D eigenvalue weighted by Crippen LogP contribution is 2.30. The molecular weight excluding hydrogens is 308 g/mol. The minimum atomic E-state index is -0.0601. The third kappa shape index (κ3) is 2.45. The van der Waals surface area contributed by atoms with Crippen LogP contribution in [0.5, 0.6) is 0 Å². The second-order valence-electron chi connectivity index (χ2n) is 7.10. The predicted molar refractivity (Wildman–Crippen MR) is 88.8 cm³/mol. The van der Waals surface area contributed by atoms with E-state index >= 15 is 0 Å². The smallest absolute Gasteiger partial charge is 0.322 e. The summed E-state index contributed by atoms with van der Waals surface area (Å²) >= 11 is 0. The van der Waals surface area contributed by atoms with Crippen LogP contribution < -0.4 is 10.2 Å². The van der Waals surface area contributed by atoms with Crippen molar-refractivity contribution in [3.8, 4) is 0 Å². The highest BCUT2D eigenvalue weighted by molar-refractivity contribution is 5.93. The van der Waals surface area contributed by atoms with Gasteiger partial charge in [0.05, 0.1) is 24.0 Å². The van der Waals surface area contributed by atoms with Gasteiger partial charge in [0.1, 0.15) is 0 Å². The lowest BCUT2D eigenvalue weighted by molar-refractivity contribution is -0.135. The van der Waals surface area contributed by atoms with E-state index in [4.69, 9.17) is 0 Å². The lowest BCUT2D eigenvalue weighted by atomic mass is 10.0. The molecule has 1 aromatic rings. The summed E-state index contributed by atoms with van der Waals surface area (Å²) in [4.78, 5) is 30.1. The molecule has 1 atom stereocenters. The van der Waals surface area contributed by atoms with Crippen molar-refractivity contribution in [2.45, 2.75) is 38.4 Å². The zero-order chi connectivity index (χ0) is 16.8. The van der Waals surface area contributed by atoms with E-state index in [1.165, 1.54) is 0 Å². The summed E-state index contributed by atoms with van der Waals surface area (Å²) in [5.41, 5.74) is 0.839. The molecule has 0 radical (unpaired) electrons. The number of carbonyl (C=O) groups is 2. The molecule has 1 aromatic heterocycles. The van der Waals surface area contributed by atoms with Crippen LogP contribution in [0.25, 0.3) is 0 Å². The molecule has 3 aliphatic heterocycles. The number of hydrogen-bond acceptors (Lipinski definition) is 4. The van der Waals surface area contributed by atoms with Crippen molar-refractivity contribution < 1.29 is 9.59 Å². The minimum absolute atomic E-state index is 0.0306. The lowest BCUT2D eigenvalue weighted by Gasteiger charge is -2.42. The largest absolute Gasteiger partial charge is 0.339 e. The van der Waals surface area contributed by atoms with Crippen LogP contribution in [0.2, 0.25) is 0 Å². The fraction of sp³-hybridized carbons (Fsp3) is 0.688. The molecule has 0 aromatic carbocycles. The number of urea groups is 1. The SMILES string of the molecule is CC(C)N1CCC(N2CC(n3cc(N4CCNC4=O)cn3)C2)C1=O. The van der Waals surface area contributed by atoms with Gasteiger partial charge in [-0.05, 0) is 20.3 Å². The fourth-order valence-electron chi connectivity index (χ4n) is 3.83. The highest BCUT2D eigenvalue weighted by Gasteiger charge is 2.42. The molecule has 0 spiro atoms. The maximum absolute atomic E-state index is 12.4. The van der Waals surface area contributed by atoms with Crippen LogP contribution in [-0.4, -0.2) is 76.3 Å².